The first-order valence-corrected chi connectivity index (χ1v) is 8.96. The van der Waals surface area contributed by atoms with Gasteiger partial charge in [0.25, 0.3) is 0 Å². The minimum atomic E-state index is -0.843. The molecule has 0 saturated carbocycles. The van der Waals surface area contributed by atoms with Crippen LogP contribution in [0.2, 0.25) is 0 Å². The molecule has 152 valence electrons. The van der Waals surface area contributed by atoms with Crippen molar-refractivity contribution in [2.45, 2.75) is 12.7 Å². The van der Waals surface area contributed by atoms with Crippen molar-refractivity contribution in [1.82, 2.24) is 20.1 Å². The molecule has 9 nitrogen and oxygen atoms in total. The summed E-state index contributed by atoms with van der Waals surface area (Å²) in [5.41, 5.74) is 2.12. The number of carbonyl (C=O) groups is 1. The third-order valence-corrected chi connectivity index (χ3v) is 4.13. The molecule has 3 N–H and O–H groups in total. The zero-order chi connectivity index (χ0) is 20.6. The lowest BCUT2D eigenvalue weighted by molar-refractivity contribution is 0.175. The Kier molecular flexibility index (Phi) is 6.64. The smallest absolute Gasteiger partial charge is 0.319 e. The summed E-state index contributed by atoms with van der Waals surface area (Å²) < 4.78 is 12.7. The monoisotopic (exact) mass is 397 g/mol. The molecule has 9 heteroatoms. The van der Waals surface area contributed by atoms with Crippen LogP contribution in [0.25, 0.3) is 0 Å². The van der Waals surface area contributed by atoms with E-state index in [1.807, 2.05) is 12.1 Å². The number of nitrogens with zero attached hydrogens (tertiary/aromatic N) is 3. The molecule has 3 aromatic rings. The van der Waals surface area contributed by atoms with Crippen LogP contribution in [-0.4, -0.2) is 39.6 Å². The summed E-state index contributed by atoms with van der Waals surface area (Å²) in [5.74, 6) is 1.05. The number of aliphatic hydroxyl groups is 1. The van der Waals surface area contributed by atoms with Crippen molar-refractivity contribution in [1.29, 1.82) is 0 Å². The third-order valence-electron chi connectivity index (χ3n) is 4.13. The van der Waals surface area contributed by atoms with Gasteiger partial charge in [-0.1, -0.05) is 0 Å². The molecule has 0 aliphatic carbocycles. The van der Waals surface area contributed by atoms with Gasteiger partial charge in [-0.05, 0) is 29.8 Å². The van der Waals surface area contributed by atoms with Gasteiger partial charge in [0.15, 0.2) is 11.5 Å². The normalized spacial score (nSPS) is 11.6. The Morgan fingerprint density at radius 2 is 2.03 bits per heavy atom. The van der Waals surface area contributed by atoms with Crippen LogP contribution in [0, 0.1) is 0 Å². The number of urea groups is 1. The standard InChI is InChI=1S/C20H23N5O4/c1-25-12-15(10-23-25)17(26)11-22-20(27)24-16-3-4-18(28-2)19(9-16)29-13-14-5-7-21-8-6-14/h3-10,12,17,26H,11,13H2,1-2H3,(H2,22,24,27). The first-order valence-electron chi connectivity index (χ1n) is 8.96. The largest absolute Gasteiger partial charge is 0.493 e. The summed E-state index contributed by atoms with van der Waals surface area (Å²) in [6.45, 7) is 0.394. The minimum absolute atomic E-state index is 0.0546. The van der Waals surface area contributed by atoms with Gasteiger partial charge < -0.3 is 25.2 Å². The number of hydrogen-bond acceptors (Lipinski definition) is 6. The second kappa shape index (κ2) is 9.56. The second-order valence-electron chi connectivity index (χ2n) is 6.31. The number of rotatable bonds is 8. The number of amides is 2. The zero-order valence-electron chi connectivity index (χ0n) is 16.2. The average Bonchev–Trinajstić information content (AvgIpc) is 3.18. The molecule has 0 aliphatic rings. The summed E-state index contributed by atoms with van der Waals surface area (Å²) in [4.78, 5) is 16.1. The third kappa shape index (κ3) is 5.69. The first-order chi connectivity index (χ1) is 14.0. The van der Waals surface area contributed by atoms with Crippen LogP contribution in [0.5, 0.6) is 11.5 Å². The second-order valence-corrected chi connectivity index (χ2v) is 6.31. The van der Waals surface area contributed by atoms with Gasteiger partial charge in [0.1, 0.15) is 6.61 Å². The number of methoxy groups -OCH3 is 1. The van der Waals surface area contributed by atoms with Crippen molar-refractivity contribution in [3.05, 3.63) is 66.2 Å². The van der Waals surface area contributed by atoms with Gasteiger partial charge in [-0.3, -0.25) is 9.67 Å². The van der Waals surface area contributed by atoms with Crippen LogP contribution >= 0.6 is 0 Å². The number of pyridine rings is 1. The van der Waals surface area contributed by atoms with Crippen molar-refractivity contribution in [3.8, 4) is 11.5 Å². The van der Waals surface area contributed by atoms with Crippen LogP contribution in [0.3, 0.4) is 0 Å². The van der Waals surface area contributed by atoms with Crippen molar-refractivity contribution in [2.24, 2.45) is 7.05 Å². The van der Waals surface area contributed by atoms with Gasteiger partial charge in [-0.25, -0.2) is 4.79 Å². The summed E-state index contributed by atoms with van der Waals surface area (Å²) in [7, 11) is 3.31. The highest BCUT2D eigenvalue weighted by molar-refractivity contribution is 5.89. The Morgan fingerprint density at radius 1 is 1.24 bits per heavy atom. The van der Waals surface area contributed by atoms with Crippen LogP contribution < -0.4 is 20.1 Å². The maximum atomic E-state index is 12.2. The number of anilines is 1. The summed E-state index contributed by atoms with van der Waals surface area (Å²) in [6, 6.07) is 8.36. The van der Waals surface area contributed by atoms with E-state index in [1.165, 1.54) is 0 Å². The highest BCUT2D eigenvalue weighted by Gasteiger charge is 2.12. The van der Waals surface area contributed by atoms with E-state index in [0.717, 1.165) is 5.56 Å². The quantitative estimate of drug-likeness (QED) is 0.538. The van der Waals surface area contributed by atoms with E-state index in [0.29, 0.717) is 29.4 Å². The number of benzene rings is 1. The molecule has 0 bridgehead atoms. The highest BCUT2D eigenvalue weighted by Crippen LogP contribution is 2.30. The lowest BCUT2D eigenvalue weighted by atomic mass is 10.2. The molecule has 2 amide bonds. The fraction of sp³-hybridized carbons (Fsp3) is 0.250. The molecule has 0 saturated heterocycles. The van der Waals surface area contributed by atoms with E-state index < -0.39 is 12.1 Å². The lowest BCUT2D eigenvalue weighted by Crippen LogP contribution is -2.32. The maximum absolute atomic E-state index is 12.2. The molecule has 29 heavy (non-hydrogen) atoms. The predicted octanol–water partition coefficient (Wildman–Crippen LogP) is 2.26. The van der Waals surface area contributed by atoms with Crippen molar-refractivity contribution >= 4 is 11.7 Å². The summed E-state index contributed by atoms with van der Waals surface area (Å²) >= 11 is 0. The lowest BCUT2D eigenvalue weighted by Gasteiger charge is -2.14. The Hall–Kier alpha value is -3.59. The molecule has 0 spiro atoms. The Morgan fingerprint density at radius 3 is 2.72 bits per heavy atom. The van der Waals surface area contributed by atoms with Crippen molar-refractivity contribution < 1.29 is 19.4 Å². The fourth-order valence-electron chi connectivity index (χ4n) is 2.60. The molecular formula is C20H23N5O4. The Balaban J connectivity index is 1.57. The van der Waals surface area contributed by atoms with E-state index in [-0.39, 0.29) is 6.54 Å². The summed E-state index contributed by atoms with van der Waals surface area (Å²) in [5, 5.41) is 19.4. The van der Waals surface area contributed by atoms with E-state index in [1.54, 1.807) is 61.8 Å². The van der Waals surface area contributed by atoms with Gasteiger partial charge >= 0.3 is 6.03 Å². The Bertz CT molecular complexity index is 945. The number of aromatic nitrogens is 3. The zero-order valence-corrected chi connectivity index (χ0v) is 16.2. The average molecular weight is 397 g/mol. The minimum Gasteiger partial charge on any atom is -0.493 e. The van der Waals surface area contributed by atoms with Crippen LogP contribution in [-0.2, 0) is 13.7 Å². The van der Waals surface area contributed by atoms with Crippen LogP contribution in [0.15, 0.2) is 55.1 Å². The van der Waals surface area contributed by atoms with E-state index in [2.05, 4.69) is 20.7 Å². The molecular weight excluding hydrogens is 374 g/mol. The molecule has 0 radical (unpaired) electrons. The fourth-order valence-corrected chi connectivity index (χ4v) is 2.60. The Labute approximate surface area is 168 Å². The van der Waals surface area contributed by atoms with E-state index in [4.69, 9.17) is 9.47 Å². The van der Waals surface area contributed by atoms with Gasteiger partial charge in [-0.2, -0.15) is 5.10 Å². The number of carbonyl (C=O) groups excluding carboxylic acids is 1. The maximum Gasteiger partial charge on any atom is 0.319 e. The molecule has 3 rings (SSSR count). The number of hydrogen-bond donors (Lipinski definition) is 3. The molecule has 1 aromatic carbocycles. The van der Waals surface area contributed by atoms with Crippen molar-refractivity contribution in [3.63, 3.8) is 0 Å². The molecule has 2 heterocycles. The number of nitrogens with one attached hydrogen (secondary N) is 2. The van der Waals surface area contributed by atoms with E-state index >= 15 is 0 Å². The van der Waals surface area contributed by atoms with E-state index in [9.17, 15) is 9.90 Å². The van der Waals surface area contributed by atoms with Crippen LogP contribution in [0.4, 0.5) is 10.5 Å². The molecule has 2 aromatic heterocycles. The first kappa shape index (κ1) is 20.2. The van der Waals surface area contributed by atoms with Gasteiger partial charge in [-0.15, -0.1) is 0 Å². The summed E-state index contributed by atoms with van der Waals surface area (Å²) in [6.07, 6.45) is 5.79. The molecule has 0 fully saturated rings. The number of aryl methyl sites for hydroxylation is 1. The van der Waals surface area contributed by atoms with Crippen molar-refractivity contribution in [2.75, 3.05) is 19.0 Å². The van der Waals surface area contributed by atoms with Gasteiger partial charge in [0.2, 0.25) is 0 Å². The van der Waals surface area contributed by atoms with Gasteiger partial charge in [0, 0.05) is 49.5 Å². The molecule has 1 atom stereocenters. The van der Waals surface area contributed by atoms with Gasteiger partial charge in [0.05, 0.1) is 19.4 Å². The number of aliphatic hydroxyl groups excluding tert-OH is 1. The predicted molar refractivity (Wildman–Crippen MR) is 107 cm³/mol. The number of ether oxygens (including phenoxy) is 2. The van der Waals surface area contributed by atoms with Crippen LogP contribution in [0.1, 0.15) is 17.2 Å². The topological polar surface area (TPSA) is 111 Å². The highest BCUT2D eigenvalue weighted by atomic mass is 16.5. The molecule has 1 unspecified atom stereocenters. The molecule has 0 aliphatic heterocycles. The SMILES string of the molecule is COc1ccc(NC(=O)NCC(O)c2cnn(C)c2)cc1OCc1ccncc1.